The molecule has 0 radical (unpaired) electrons. The number of halogens is 4. The molecule has 1 aromatic carbocycles. The van der Waals surface area contributed by atoms with Crippen molar-refractivity contribution in [3.63, 3.8) is 0 Å². The Hall–Kier alpha value is -1.30. The Labute approximate surface area is 123 Å². The van der Waals surface area contributed by atoms with E-state index in [-0.39, 0.29) is 0 Å². The quantitative estimate of drug-likeness (QED) is 0.844. The second kappa shape index (κ2) is 5.60. The molecule has 108 valence electrons. The maximum atomic E-state index is 13.0. The second-order valence-electron chi connectivity index (χ2n) is 4.40. The van der Waals surface area contributed by atoms with Crippen molar-refractivity contribution < 1.29 is 13.2 Å². The molecule has 1 aromatic heterocycles. The third-order valence-corrected chi connectivity index (χ3v) is 3.45. The maximum absolute atomic E-state index is 13.0. The van der Waals surface area contributed by atoms with Gasteiger partial charge in [-0.25, -0.2) is 4.98 Å². The topological polar surface area (TPSA) is 24.9 Å². The summed E-state index contributed by atoms with van der Waals surface area (Å²) < 4.78 is 39.7. The molecule has 2 nitrogen and oxygen atoms in total. The van der Waals surface area contributed by atoms with Crippen molar-refractivity contribution in [2.45, 2.75) is 26.4 Å². The molecular weight excluding hydrogens is 333 g/mol. The summed E-state index contributed by atoms with van der Waals surface area (Å²) in [5, 5.41) is 3.68. The van der Waals surface area contributed by atoms with Gasteiger partial charge in [0.15, 0.2) is 0 Å². The fraction of sp³-hybridized carbons (Fsp3) is 0.357. The average molecular weight is 347 g/mol. The third kappa shape index (κ3) is 2.90. The van der Waals surface area contributed by atoms with Crippen molar-refractivity contribution in [3.8, 4) is 0 Å². The lowest BCUT2D eigenvalue weighted by Crippen LogP contribution is -2.10. The van der Waals surface area contributed by atoms with Gasteiger partial charge in [-0.2, -0.15) is 13.2 Å². The predicted octanol–water partition coefficient (Wildman–Crippen LogP) is 5.01. The van der Waals surface area contributed by atoms with E-state index in [2.05, 4.69) is 26.2 Å². The standard InChI is InChI=1S/C14H14BrF3N2/c1-3-8-5-9(15)6-10-11(19-4-2)7-12(14(16,17)18)20-13(8)10/h5-7H,3-4H2,1-2H3,(H,19,20). The summed E-state index contributed by atoms with van der Waals surface area (Å²) in [4.78, 5) is 3.82. The summed E-state index contributed by atoms with van der Waals surface area (Å²) in [7, 11) is 0. The predicted molar refractivity (Wildman–Crippen MR) is 78.0 cm³/mol. The highest BCUT2D eigenvalue weighted by Gasteiger charge is 2.33. The van der Waals surface area contributed by atoms with Crippen molar-refractivity contribution in [2.24, 2.45) is 0 Å². The fourth-order valence-electron chi connectivity index (χ4n) is 2.11. The Bertz CT molecular complexity index is 638. The van der Waals surface area contributed by atoms with Crippen molar-refractivity contribution in [3.05, 3.63) is 33.9 Å². The van der Waals surface area contributed by atoms with Crippen LogP contribution < -0.4 is 5.32 Å². The molecule has 0 spiro atoms. The summed E-state index contributed by atoms with van der Waals surface area (Å²) in [5.74, 6) is 0. The zero-order valence-corrected chi connectivity index (χ0v) is 12.7. The largest absolute Gasteiger partial charge is 0.433 e. The molecule has 1 heterocycles. The van der Waals surface area contributed by atoms with Crippen LogP contribution in [0.3, 0.4) is 0 Å². The highest BCUT2D eigenvalue weighted by molar-refractivity contribution is 9.10. The molecule has 2 aromatic rings. The first-order valence-corrected chi connectivity index (χ1v) is 7.10. The lowest BCUT2D eigenvalue weighted by atomic mass is 10.1. The number of nitrogens with zero attached hydrogens (tertiary/aromatic N) is 1. The number of nitrogens with one attached hydrogen (secondary N) is 1. The van der Waals surface area contributed by atoms with E-state index in [0.29, 0.717) is 29.6 Å². The van der Waals surface area contributed by atoms with Crippen LogP contribution in [0.15, 0.2) is 22.7 Å². The first-order chi connectivity index (χ1) is 9.36. The minimum atomic E-state index is -4.45. The highest BCUT2D eigenvalue weighted by Crippen LogP contribution is 2.35. The van der Waals surface area contributed by atoms with Crippen LogP contribution in [-0.2, 0) is 12.6 Å². The number of hydrogen-bond donors (Lipinski definition) is 1. The van der Waals surface area contributed by atoms with Gasteiger partial charge in [-0.1, -0.05) is 22.9 Å². The van der Waals surface area contributed by atoms with Gasteiger partial charge in [0.25, 0.3) is 0 Å². The van der Waals surface area contributed by atoms with Gasteiger partial charge in [0.05, 0.1) is 5.52 Å². The van der Waals surface area contributed by atoms with Gasteiger partial charge in [-0.3, -0.25) is 0 Å². The zero-order valence-electron chi connectivity index (χ0n) is 11.1. The van der Waals surface area contributed by atoms with Crippen LogP contribution in [0.5, 0.6) is 0 Å². The minimum Gasteiger partial charge on any atom is -0.385 e. The van der Waals surface area contributed by atoms with Gasteiger partial charge in [0.1, 0.15) is 5.69 Å². The smallest absolute Gasteiger partial charge is 0.385 e. The molecule has 0 aliphatic heterocycles. The van der Waals surface area contributed by atoms with Crippen molar-refractivity contribution >= 4 is 32.5 Å². The van der Waals surface area contributed by atoms with Crippen LogP contribution in [-0.4, -0.2) is 11.5 Å². The molecule has 1 N–H and O–H groups in total. The Morgan fingerprint density at radius 3 is 2.45 bits per heavy atom. The normalized spacial score (nSPS) is 11.9. The van der Waals surface area contributed by atoms with E-state index in [1.165, 1.54) is 0 Å². The van der Waals surface area contributed by atoms with Crippen molar-refractivity contribution in [1.29, 1.82) is 0 Å². The molecule has 0 aliphatic rings. The molecule has 0 saturated carbocycles. The van der Waals surface area contributed by atoms with Crippen LogP contribution in [0.4, 0.5) is 18.9 Å². The Balaban J connectivity index is 2.81. The molecule has 2 rings (SSSR count). The highest BCUT2D eigenvalue weighted by atomic mass is 79.9. The average Bonchev–Trinajstić information content (AvgIpc) is 2.37. The Kier molecular flexibility index (Phi) is 4.22. The van der Waals surface area contributed by atoms with E-state index in [0.717, 1.165) is 16.1 Å². The number of pyridine rings is 1. The van der Waals surface area contributed by atoms with E-state index < -0.39 is 11.9 Å². The molecule has 0 aliphatic carbocycles. The number of hydrogen-bond acceptors (Lipinski definition) is 2. The SMILES string of the molecule is CCNc1cc(C(F)(F)F)nc2c(CC)cc(Br)cc12. The van der Waals surface area contributed by atoms with E-state index >= 15 is 0 Å². The van der Waals surface area contributed by atoms with Gasteiger partial charge in [-0.05, 0) is 37.1 Å². The van der Waals surface area contributed by atoms with Gasteiger partial charge < -0.3 is 5.32 Å². The summed E-state index contributed by atoms with van der Waals surface area (Å²) in [6.07, 6.45) is -3.83. The van der Waals surface area contributed by atoms with Crippen LogP contribution in [0.2, 0.25) is 0 Å². The number of fused-ring (bicyclic) bond motifs is 1. The number of aryl methyl sites for hydroxylation is 1. The number of benzene rings is 1. The van der Waals surface area contributed by atoms with Gasteiger partial charge >= 0.3 is 6.18 Å². The lowest BCUT2D eigenvalue weighted by Gasteiger charge is -2.15. The number of anilines is 1. The molecular formula is C14H14BrF3N2. The van der Waals surface area contributed by atoms with Crippen molar-refractivity contribution in [2.75, 3.05) is 11.9 Å². The Morgan fingerprint density at radius 2 is 1.90 bits per heavy atom. The van der Waals surface area contributed by atoms with E-state index in [4.69, 9.17) is 0 Å². The molecule has 0 saturated heterocycles. The monoisotopic (exact) mass is 346 g/mol. The van der Waals surface area contributed by atoms with E-state index in [1.54, 1.807) is 6.07 Å². The molecule has 0 unspecified atom stereocenters. The van der Waals surface area contributed by atoms with Gasteiger partial charge in [0.2, 0.25) is 0 Å². The molecule has 0 bridgehead atoms. The summed E-state index contributed by atoms with van der Waals surface area (Å²) in [6, 6.07) is 4.67. The maximum Gasteiger partial charge on any atom is 0.433 e. The first kappa shape index (κ1) is 15.1. The van der Waals surface area contributed by atoms with Crippen LogP contribution >= 0.6 is 15.9 Å². The fourth-order valence-corrected chi connectivity index (χ4v) is 2.62. The third-order valence-electron chi connectivity index (χ3n) is 3.00. The van der Waals surface area contributed by atoms with E-state index in [9.17, 15) is 13.2 Å². The van der Waals surface area contributed by atoms with Crippen LogP contribution in [0, 0.1) is 0 Å². The summed E-state index contributed by atoms with van der Waals surface area (Å²) in [5.41, 5.74) is 0.792. The van der Waals surface area contributed by atoms with Crippen molar-refractivity contribution in [1.82, 2.24) is 4.98 Å². The summed E-state index contributed by atoms with van der Waals surface area (Å²) >= 11 is 3.39. The minimum absolute atomic E-state index is 0.404. The zero-order chi connectivity index (χ0) is 14.9. The Morgan fingerprint density at radius 1 is 1.20 bits per heavy atom. The number of aromatic nitrogens is 1. The first-order valence-electron chi connectivity index (χ1n) is 6.31. The molecule has 0 atom stereocenters. The number of rotatable bonds is 3. The van der Waals surface area contributed by atoms with Gasteiger partial charge in [-0.15, -0.1) is 0 Å². The number of alkyl halides is 3. The second-order valence-corrected chi connectivity index (χ2v) is 5.31. The van der Waals surface area contributed by atoms with Crippen LogP contribution in [0.25, 0.3) is 10.9 Å². The lowest BCUT2D eigenvalue weighted by molar-refractivity contribution is -0.140. The van der Waals surface area contributed by atoms with E-state index in [1.807, 2.05) is 19.9 Å². The van der Waals surface area contributed by atoms with Crippen LogP contribution in [0.1, 0.15) is 25.1 Å². The molecule has 0 fully saturated rings. The van der Waals surface area contributed by atoms with Gasteiger partial charge in [0, 0.05) is 22.1 Å². The molecule has 0 amide bonds. The molecule has 6 heteroatoms. The summed E-state index contributed by atoms with van der Waals surface area (Å²) in [6.45, 7) is 4.29. The molecule has 20 heavy (non-hydrogen) atoms.